The smallest absolute Gasteiger partial charge is 0.160 e. The van der Waals surface area contributed by atoms with Crippen molar-refractivity contribution in [3.63, 3.8) is 0 Å². The highest BCUT2D eigenvalue weighted by molar-refractivity contribution is 5.42. The van der Waals surface area contributed by atoms with Crippen LogP contribution in [0.3, 0.4) is 0 Å². The molecule has 0 fully saturated rings. The van der Waals surface area contributed by atoms with Gasteiger partial charge in [-0.25, -0.2) is 0 Å². The van der Waals surface area contributed by atoms with Crippen molar-refractivity contribution < 1.29 is 9.47 Å². The largest absolute Gasteiger partial charge is 0.493 e. The summed E-state index contributed by atoms with van der Waals surface area (Å²) in [6.07, 6.45) is 0.972. The minimum atomic E-state index is 0.123. The molecule has 4 nitrogen and oxygen atoms in total. The number of benzene rings is 1. The van der Waals surface area contributed by atoms with Crippen LogP contribution in [-0.2, 0) is 6.42 Å². The van der Waals surface area contributed by atoms with Gasteiger partial charge >= 0.3 is 0 Å². The van der Waals surface area contributed by atoms with Gasteiger partial charge in [-0.3, -0.25) is 0 Å². The number of nitrogens with one attached hydrogen (secondary N) is 2. The van der Waals surface area contributed by atoms with Gasteiger partial charge < -0.3 is 20.1 Å². The zero-order valence-electron chi connectivity index (χ0n) is 12.7. The zero-order valence-corrected chi connectivity index (χ0v) is 12.7. The summed E-state index contributed by atoms with van der Waals surface area (Å²) in [7, 11) is 5.30. The maximum Gasteiger partial charge on any atom is 0.160 e. The van der Waals surface area contributed by atoms with E-state index in [1.54, 1.807) is 14.2 Å². The molecule has 0 aliphatic carbocycles. The van der Waals surface area contributed by atoms with Crippen LogP contribution in [0.15, 0.2) is 18.2 Å². The van der Waals surface area contributed by atoms with E-state index in [0.29, 0.717) is 0 Å². The summed E-state index contributed by atoms with van der Waals surface area (Å²) >= 11 is 0. The second-order valence-corrected chi connectivity index (χ2v) is 5.25. The Hall–Kier alpha value is -1.26. The maximum absolute atomic E-state index is 5.30. The van der Waals surface area contributed by atoms with Crippen LogP contribution in [0.4, 0.5) is 0 Å². The molecule has 0 spiro atoms. The van der Waals surface area contributed by atoms with Gasteiger partial charge in [-0.15, -0.1) is 0 Å². The third-order valence-electron chi connectivity index (χ3n) is 3.28. The first-order chi connectivity index (χ1) is 9.02. The summed E-state index contributed by atoms with van der Waals surface area (Å²) in [5.41, 5.74) is 1.37. The van der Waals surface area contributed by atoms with E-state index < -0.39 is 0 Å². The van der Waals surface area contributed by atoms with E-state index >= 15 is 0 Å². The zero-order chi connectivity index (χ0) is 14.3. The molecule has 2 N–H and O–H groups in total. The van der Waals surface area contributed by atoms with Crippen LogP contribution in [0.5, 0.6) is 11.5 Å². The van der Waals surface area contributed by atoms with E-state index in [1.165, 1.54) is 5.56 Å². The van der Waals surface area contributed by atoms with Gasteiger partial charge in [0.2, 0.25) is 0 Å². The fourth-order valence-electron chi connectivity index (χ4n) is 1.76. The van der Waals surface area contributed by atoms with Crippen LogP contribution in [0.1, 0.15) is 19.4 Å². The first kappa shape index (κ1) is 15.8. The Morgan fingerprint density at radius 2 is 1.79 bits per heavy atom. The molecule has 4 heteroatoms. The topological polar surface area (TPSA) is 42.5 Å². The molecule has 0 aromatic heterocycles. The van der Waals surface area contributed by atoms with E-state index in [-0.39, 0.29) is 5.54 Å². The van der Waals surface area contributed by atoms with E-state index in [2.05, 4.69) is 30.5 Å². The van der Waals surface area contributed by atoms with Gasteiger partial charge in [0.05, 0.1) is 14.2 Å². The minimum absolute atomic E-state index is 0.123. The Morgan fingerprint density at radius 3 is 2.37 bits per heavy atom. The quantitative estimate of drug-likeness (QED) is 0.705. The SMILES string of the molecule is CNC(C)(C)CNCCc1ccc(OC)c(OC)c1. The highest BCUT2D eigenvalue weighted by Crippen LogP contribution is 2.27. The fourth-order valence-corrected chi connectivity index (χ4v) is 1.76. The standard InChI is InChI=1S/C15H26N2O2/c1-15(2,16-3)11-17-9-8-12-6-7-13(18-4)14(10-12)19-5/h6-7,10,16-17H,8-9,11H2,1-5H3. The molecule has 19 heavy (non-hydrogen) atoms. The molecule has 0 unspecified atom stereocenters. The van der Waals surface area contributed by atoms with E-state index in [1.807, 2.05) is 19.2 Å². The number of hydrogen-bond acceptors (Lipinski definition) is 4. The second kappa shape index (κ2) is 7.36. The summed E-state index contributed by atoms with van der Waals surface area (Å²) in [5.74, 6) is 1.56. The minimum Gasteiger partial charge on any atom is -0.493 e. The van der Waals surface area contributed by atoms with Crippen molar-refractivity contribution >= 4 is 0 Å². The van der Waals surface area contributed by atoms with Crippen LogP contribution in [0.25, 0.3) is 0 Å². The predicted molar refractivity (Wildman–Crippen MR) is 79.3 cm³/mol. The first-order valence-corrected chi connectivity index (χ1v) is 6.63. The molecule has 1 rings (SSSR count). The van der Waals surface area contributed by atoms with E-state index in [4.69, 9.17) is 9.47 Å². The fraction of sp³-hybridized carbons (Fsp3) is 0.600. The molecular formula is C15H26N2O2. The molecule has 0 aliphatic heterocycles. The molecule has 1 aromatic carbocycles. The molecule has 0 amide bonds. The lowest BCUT2D eigenvalue weighted by Crippen LogP contribution is -2.46. The third kappa shape index (κ3) is 5.09. The van der Waals surface area contributed by atoms with Crippen molar-refractivity contribution in [2.45, 2.75) is 25.8 Å². The predicted octanol–water partition coefficient (Wildman–Crippen LogP) is 1.83. The van der Waals surface area contributed by atoms with Crippen molar-refractivity contribution in [1.29, 1.82) is 0 Å². The Morgan fingerprint density at radius 1 is 1.11 bits per heavy atom. The van der Waals surface area contributed by atoms with Gasteiger partial charge in [-0.05, 0) is 51.6 Å². The van der Waals surface area contributed by atoms with Crippen molar-refractivity contribution in [3.8, 4) is 11.5 Å². The number of hydrogen-bond donors (Lipinski definition) is 2. The van der Waals surface area contributed by atoms with E-state index in [0.717, 1.165) is 31.0 Å². The molecule has 0 radical (unpaired) electrons. The lowest BCUT2D eigenvalue weighted by Gasteiger charge is -2.24. The number of likely N-dealkylation sites (N-methyl/N-ethyl adjacent to an activating group) is 1. The lowest BCUT2D eigenvalue weighted by atomic mass is 10.1. The summed E-state index contributed by atoms with van der Waals surface area (Å²) in [6, 6.07) is 6.06. The Balaban J connectivity index is 2.46. The van der Waals surface area contributed by atoms with Gasteiger partial charge in [-0.2, -0.15) is 0 Å². The van der Waals surface area contributed by atoms with Crippen LogP contribution in [0.2, 0.25) is 0 Å². The number of ether oxygens (including phenoxy) is 2. The summed E-state index contributed by atoms with van der Waals surface area (Å²) < 4.78 is 10.5. The third-order valence-corrected chi connectivity index (χ3v) is 3.28. The number of rotatable bonds is 8. The molecule has 0 saturated carbocycles. The molecular weight excluding hydrogens is 240 g/mol. The molecule has 0 heterocycles. The van der Waals surface area contributed by atoms with Gasteiger partial charge in [0.25, 0.3) is 0 Å². The average Bonchev–Trinajstić information content (AvgIpc) is 2.43. The van der Waals surface area contributed by atoms with Crippen molar-refractivity contribution in [2.75, 3.05) is 34.4 Å². The normalized spacial score (nSPS) is 11.4. The van der Waals surface area contributed by atoms with Gasteiger partial charge in [0.1, 0.15) is 0 Å². The summed E-state index contributed by atoms with van der Waals surface area (Å²) in [5, 5.41) is 6.73. The van der Waals surface area contributed by atoms with Gasteiger partial charge in [0.15, 0.2) is 11.5 Å². The monoisotopic (exact) mass is 266 g/mol. The summed E-state index contributed by atoms with van der Waals surface area (Å²) in [4.78, 5) is 0. The lowest BCUT2D eigenvalue weighted by molar-refractivity contribution is 0.354. The second-order valence-electron chi connectivity index (χ2n) is 5.25. The first-order valence-electron chi connectivity index (χ1n) is 6.63. The Labute approximate surface area is 116 Å². The van der Waals surface area contributed by atoms with Crippen molar-refractivity contribution in [1.82, 2.24) is 10.6 Å². The maximum atomic E-state index is 5.30. The molecule has 108 valence electrons. The van der Waals surface area contributed by atoms with Crippen molar-refractivity contribution in [3.05, 3.63) is 23.8 Å². The molecule has 0 saturated heterocycles. The summed E-state index contributed by atoms with van der Waals surface area (Å²) in [6.45, 7) is 6.24. The van der Waals surface area contributed by atoms with Crippen LogP contribution in [-0.4, -0.2) is 39.9 Å². The molecule has 0 bridgehead atoms. The molecule has 0 aliphatic rings. The highest BCUT2D eigenvalue weighted by Gasteiger charge is 2.13. The van der Waals surface area contributed by atoms with Crippen LogP contribution < -0.4 is 20.1 Å². The van der Waals surface area contributed by atoms with Gasteiger partial charge in [0, 0.05) is 12.1 Å². The van der Waals surface area contributed by atoms with Crippen LogP contribution >= 0.6 is 0 Å². The molecule has 0 atom stereocenters. The van der Waals surface area contributed by atoms with Crippen molar-refractivity contribution in [2.24, 2.45) is 0 Å². The number of methoxy groups -OCH3 is 2. The van der Waals surface area contributed by atoms with Crippen LogP contribution in [0, 0.1) is 0 Å². The van der Waals surface area contributed by atoms with E-state index in [9.17, 15) is 0 Å². The highest BCUT2D eigenvalue weighted by atomic mass is 16.5. The Bertz CT molecular complexity index is 392. The molecule has 1 aromatic rings. The average molecular weight is 266 g/mol. The Kier molecular flexibility index (Phi) is 6.12. The van der Waals surface area contributed by atoms with Gasteiger partial charge in [-0.1, -0.05) is 6.07 Å².